The molecule has 2 aromatic carbocycles. The maximum Gasteiger partial charge on any atom is 0.262 e. The fourth-order valence-electron chi connectivity index (χ4n) is 1.83. The smallest absolute Gasteiger partial charge is 0.262 e. The predicted octanol–water partition coefficient (Wildman–Crippen LogP) is 2.72. The summed E-state index contributed by atoms with van der Waals surface area (Å²) in [5.41, 5.74) is 0.726. The van der Waals surface area contributed by atoms with Crippen LogP contribution in [0.5, 0.6) is 17.2 Å². The number of rotatable bonds is 6. The van der Waals surface area contributed by atoms with Gasteiger partial charge in [0.1, 0.15) is 0 Å². The van der Waals surface area contributed by atoms with Gasteiger partial charge in [0.15, 0.2) is 18.1 Å². The summed E-state index contributed by atoms with van der Waals surface area (Å²) in [5.74, 6) is 1.23. The van der Waals surface area contributed by atoms with Crippen LogP contribution in [0.4, 0.5) is 5.69 Å². The van der Waals surface area contributed by atoms with Crippen LogP contribution in [-0.4, -0.2) is 26.7 Å². The Hall–Kier alpha value is -2.69. The molecule has 2 rings (SSSR count). The zero-order valence-electron chi connectivity index (χ0n) is 12.0. The monoisotopic (exact) mass is 287 g/mol. The fourth-order valence-corrected chi connectivity index (χ4v) is 1.83. The third-order valence-corrected chi connectivity index (χ3v) is 2.78. The number of methoxy groups -OCH3 is 2. The Balaban J connectivity index is 1.98. The number of carbonyl (C=O) groups is 1. The van der Waals surface area contributed by atoms with Crippen molar-refractivity contribution in [2.45, 2.75) is 0 Å². The predicted molar refractivity (Wildman–Crippen MR) is 80.1 cm³/mol. The molecule has 110 valence electrons. The highest BCUT2D eigenvalue weighted by molar-refractivity contribution is 5.91. The first-order chi connectivity index (χ1) is 10.2. The van der Waals surface area contributed by atoms with Gasteiger partial charge in [-0.3, -0.25) is 4.79 Å². The molecule has 5 nitrogen and oxygen atoms in total. The molecule has 0 unspecified atom stereocenters. The molecule has 0 fully saturated rings. The largest absolute Gasteiger partial charge is 0.493 e. The highest BCUT2D eigenvalue weighted by Gasteiger charge is 2.12. The van der Waals surface area contributed by atoms with E-state index >= 15 is 0 Å². The first kappa shape index (κ1) is 14.7. The molecule has 0 bridgehead atoms. The molecule has 0 aliphatic carbocycles. The Labute approximate surface area is 123 Å². The number of hydrogen-bond acceptors (Lipinski definition) is 4. The normalized spacial score (nSPS) is 9.81. The number of hydrogen-bond donors (Lipinski definition) is 1. The molecular weight excluding hydrogens is 270 g/mol. The van der Waals surface area contributed by atoms with Crippen LogP contribution in [0.3, 0.4) is 0 Å². The van der Waals surface area contributed by atoms with Crippen molar-refractivity contribution in [2.24, 2.45) is 0 Å². The van der Waals surface area contributed by atoms with Crippen molar-refractivity contribution in [2.75, 3.05) is 26.1 Å². The van der Waals surface area contributed by atoms with Crippen molar-refractivity contribution < 1.29 is 19.0 Å². The van der Waals surface area contributed by atoms with Gasteiger partial charge in [-0.2, -0.15) is 0 Å². The van der Waals surface area contributed by atoms with Gasteiger partial charge in [-0.05, 0) is 24.3 Å². The summed E-state index contributed by atoms with van der Waals surface area (Å²) in [5, 5.41) is 2.74. The van der Waals surface area contributed by atoms with Crippen LogP contribution in [0.1, 0.15) is 0 Å². The molecule has 0 aromatic heterocycles. The Bertz CT molecular complexity index is 598. The van der Waals surface area contributed by atoms with Gasteiger partial charge in [-0.15, -0.1) is 0 Å². The van der Waals surface area contributed by atoms with E-state index in [2.05, 4.69) is 5.32 Å². The van der Waals surface area contributed by atoms with Gasteiger partial charge >= 0.3 is 0 Å². The first-order valence-corrected chi connectivity index (χ1v) is 6.43. The standard InChI is InChI=1S/C16H17NO4/c1-19-13-9-6-10-14(16(13)20-2)21-11-15(18)17-12-7-4-3-5-8-12/h3-10H,11H2,1-2H3,(H,17,18). The number of ether oxygens (including phenoxy) is 3. The summed E-state index contributed by atoms with van der Waals surface area (Å²) < 4.78 is 15.9. The van der Waals surface area contributed by atoms with E-state index < -0.39 is 0 Å². The van der Waals surface area contributed by atoms with Crippen molar-refractivity contribution >= 4 is 11.6 Å². The second-order valence-electron chi connectivity index (χ2n) is 4.19. The van der Waals surface area contributed by atoms with Crippen LogP contribution in [0.25, 0.3) is 0 Å². The lowest BCUT2D eigenvalue weighted by Crippen LogP contribution is -2.20. The van der Waals surface area contributed by atoms with Gasteiger partial charge in [-0.1, -0.05) is 24.3 Å². The van der Waals surface area contributed by atoms with E-state index in [0.717, 1.165) is 5.69 Å². The van der Waals surface area contributed by atoms with Gasteiger partial charge in [0.2, 0.25) is 5.75 Å². The maximum absolute atomic E-state index is 11.8. The minimum atomic E-state index is -0.244. The Morgan fingerprint density at radius 1 is 0.952 bits per heavy atom. The number of carbonyl (C=O) groups excluding carboxylic acids is 1. The molecule has 1 amide bonds. The molecule has 0 saturated heterocycles. The van der Waals surface area contributed by atoms with Crippen molar-refractivity contribution in [1.29, 1.82) is 0 Å². The number of anilines is 1. The quantitative estimate of drug-likeness (QED) is 0.887. The van der Waals surface area contributed by atoms with Crippen molar-refractivity contribution in [3.8, 4) is 17.2 Å². The molecule has 0 atom stereocenters. The van der Waals surface area contributed by atoms with Crippen LogP contribution in [-0.2, 0) is 4.79 Å². The molecule has 0 aliphatic rings. The molecular formula is C16H17NO4. The van der Waals surface area contributed by atoms with E-state index in [9.17, 15) is 4.79 Å². The van der Waals surface area contributed by atoms with E-state index in [-0.39, 0.29) is 12.5 Å². The van der Waals surface area contributed by atoms with E-state index in [4.69, 9.17) is 14.2 Å². The molecule has 1 N–H and O–H groups in total. The van der Waals surface area contributed by atoms with Gasteiger partial charge in [0, 0.05) is 5.69 Å². The lowest BCUT2D eigenvalue weighted by atomic mass is 10.3. The zero-order chi connectivity index (χ0) is 15.1. The van der Waals surface area contributed by atoms with Crippen LogP contribution < -0.4 is 19.5 Å². The molecule has 2 aromatic rings. The second-order valence-corrected chi connectivity index (χ2v) is 4.19. The lowest BCUT2D eigenvalue weighted by Gasteiger charge is -2.13. The van der Waals surface area contributed by atoms with E-state index in [0.29, 0.717) is 17.2 Å². The van der Waals surface area contributed by atoms with Crippen LogP contribution in [0.2, 0.25) is 0 Å². The van der Waals surface area contributed by atoms with Gasteiger partial charge in [0.25, 0.3) is 5.91 Å². The van der Waals surface area contributed by atoms with Crippen molar-refractivity contribution in [1.82, 2.24) is 0 Å². The molecule has 5 heteroatoms. The van der Waals surface area contributed by atoms with E-state index in [1.807, 2.05) is 30.3 Å². The fraction of sp³-hybridized carbons (Fsp3) is 0.188. The highest BCUT2D eigenvalue weighted by Crippen LogP contribution is 2.36. The minimum absolute atomic E-state index is 0.113. The summed E-state index contributed by atoms with van der Waals surface area (Å²) in [7, 11) is 3.07. The third kappa shape index (κ3) is 3.89. The Kier molecular flexibility index (Phi) is 5.04. The van der Waals surface area contributed by atoms with Crippen LogP contribution in [0, 0.1) is 0 Å². The molecule has 21 heavy (non-hydrogen) atoms. The molecule has 0 radical (unpaired) electrons. The molecule has 0 spiro atoms. The van der Waals surface area contributed by atoms with Crippen molar-refractivity contribution in [3.05, 3.63) is 48.5 Å². The number of benzene rings is 2. The Morgan fingerprint density at radius 3 is 2.33 bits per heavy atom. The lowest BCUT2D eigenvalue weighted by molar-refractivity contribution is -0.118. The van der Waals surface area contributed by atoms with Gasteiger partial charge in [0.05, 0.1) is 14.2 Å². The minimum Gasteiger partial charge on any atom is -0.493 e. The Morgan fingerprint density at radius 2 is 1.67 bits per heavy atom. The summed E-state index contributed by atoms with van der Waals surface area (Å²) in [6.45, 7) is -0.113. The topological polar surface area (TPSA) is 56.8 Å². The highest BCUT2D eigenvalue weighted by atomic mass is 16.5. The first-order valence-electron chi connectivity index (χ1n) is 6.43. The second kappa shape index (κ2) is 7.19. The third-order valence-electron chi connectivity index (χ3n) is 2.78. The van der Waals surface area contributed by atoms with Gasteiger partial charge in [-0.25, -0.2) is 0 Å². The van der Waals surface area contributed by atoms with Gasteiger partial charge < -0.3 is 19.5 Å². The van der Waals surface area contributed by atoms with E-state index in [1.54, 1.807) is 25.3 Å². The summed E-state index contributed by atoms with van der Waals surface area (Å²) >= 11 is 0. The molecule has 0 saturated carbocycles. The average molecular weight is 287 g/mol. The SMILES string of the molecule is COc1cccc(OCC(=O)Nc2ccccc2)c1OC. The van der Waals surface area contributed by atoms with Crippen LogP contribution in [0.15, 0.2) is 48.5 Å². The van der Waals surface area contributed by atoms with Crippen molar-refractivity contribution in [3.63, 3.8) is 0 Å². The average Bonchev–Trinajstić information content (AvgIpc) is 2.53. The number of nitrogens with one attached hydrogen (secondary N) is 1. The van der Waals surface area contributed by atoms with Crippen LogP contribution >= 0.6 is 0 Å². The number of amides is 1. The van der Waals surface area contributed by atoms with E-state index in [1.165, 1.54) is 7.11 Å². The summed E-state index contributed by atoms with van der Waals surface area (Å²) in [6, 6.07) is 14.4. The zero-order valence-corrected chi connectivity index (χ0v) is 12.0. The molecule has 0 heterocycles. The summed E-state index contributed by atoms with van der Waals surface area (Å²) in [6.07, 6.45) is 0. The summed E-state index contributed by atoms with van der Waals surface area (Å²) in [4.78, 5) is 11.8. The maximum atomic E-state index is 11.8. The molecule has 0 aliphatic heterocycles. The number of para-hydroxylation sites is 2.